The summed E-state index contributed by atoms with van der Waals surface area (Å²) >= 11 is 0. The number of piperidine rings is 3. The largest absolute Gasteiger partial charge is 0.410 e. The minimum Gasteiger partial charge on any atom is -0.410 e. The van der Waals surface area contributed by atoms with Gasteiger partial charge in [0, 0.05) is 88.1 Å². The highest BCUT2D eigenvalue weighted by Crippen LogP contribution is 2.70. The molecule has 35 heteroatoms. The van der Waals surface area contributed by atoms with Gasteiger partial charge in [-0.25, -0.2) is 18.0 Å². The van der Waals surface area contributed by atoms with Gasteiger partial charge in [-0.3, -0.25) is 86.6 Å². The first-order valence-electron chi connectivity index (χ1n) is 53.2. The molecule has 0 aromatic carbocycles. The van der Waals surface area contributed by atoms with Crippen LogP contribution in [0, 0.1) is 134 Å². The molecule has 24 bridgehead atoms. The van der Waals surface area contributed by atoms with Gasteiger partial charge in [0.1, 0.15) is 18.5 Å². The molecule has 24 unspecified atom stereocenters. The van der Waals surface area contributed by atoms with Gasteiger partial charge in [-0.15, -0.1) is 0 Å². The smallest absolute Gasteiger partial charge is 0.373 e. The predicted molar refractivity (Wildman–Crippen MR) is 497 cm³/mol. The Morgan fingerprint density at radius 1 is 0.338 bits per heavy atom. The molecule has 33 aliphatic rings. The minimum atomic E-state index is -0.763. The molecular weight excluding hydrogens is 1820 g/mol. The molecule has 6 heterocycles. The van der Waals surface area contributed by atoms with Crippen molar-refractivity contribution < 1.29 is 113 Å². The number of amides is 9. The van der Waals surface area contributed by atoms with E-state index in [1.54, 1.807) is 50.4 Å². The van der Waals surface area contributed by atoms with Crippen LogP contribution in [-0.4, -0.2) is 249 Å². The van der Waals surface area contributed by atoms with Crippen LogP contribution in [0.2, 0.25) is 0 Å². The van der Waals surface area contributed by atoms with Crippen LogP contribution in [0.3, 0.4) is 0 Å². The van der Waals surface area contributed by atoms with Crippen molar-refractivity contribution in [1.82, 2.24) is 45.3 Å². The summed E-state index contributed by atoms with van der Waals surface area (Å²) < 4.78 is 0. The van der Waals surface area contributed by atoms with Gasteiger partial charge >= 0.3 is 18.5 Å². The van der Waals surface area contributed by atoms with Crippen molar-refractivity contribution in [3.8, 4) is 0 Å². The number of carbonyl (C=O) groups is 14. The number of fused-ring (bicyclic) bond motifs is 3. The van der Waals surface area contributed by atoms with E-state index in [4.69, 9.17) is 22.7 Å². The van der Waals surface area contributed by atoms with Crippen molar-refractivity contribution in [3.05, 3.63) is 59.7 Å². The molecule has 24 atom stereocenters. The van der Waals surface area contributed by atoms with Crippen molar-refractivity contribution in [2.75, 3.05) is 0 Å². The number of hydrogen-bond donors (Lipinski definition) is 10. The Morgan fingerprint density at radius 3 is 0.937 bits per heavy atom. The Balaban J connectivity index is 0.000000100. The molecule has 27 aliphatic carbocycles. The number of carbonyl (C=O) groups excluding carboxylic acids is 16. The Kier molecular flexibility index (Phi) is 24.7. The zero-order chi connectivity index (χ0) is 100. The quantitative estimate of drug-likeness (QED) is 0.0149. The topological polar surface area (TPSA) is 491 Å². The van der Waals surface area contributed by atoms with Crippen molar-refractivity contribution in [3.63, 3.8) is 0 Å². The van der Waals surface area contributed by atoms with Gasteiger partial charge in [-0.2, -0.15) is 9.59 Å². The first-order chi connectivity index (χ1) is 67.6. The van der Waals surface area contributed by atoms with Crippen LogP contribution >= 0.6 is 0 Å². The second-order valence-corrected chi connectivity index (χ2v) is 51.2. The maximum atomic E-state index is 13.3. The monoisotopic (exact) mass is 1960 g/mol. The van der Waals surface area contributed by atoms with Crippen LogP contribution in [0.15, 0.2) is 42.0 Å². The number of hydrogen-bond acceptors (Lipinski definition) is 24. The van der Waals surface area contributed by atoms with Gasteiger partial charge in [0.25, 0.3) is 35.4 Å². The van der Waals surface area contributed by atoms with Crippen LogP contribution in [0.5, 0.6) is 0 Å². The number of likely N-dealkylation sites (tertiary alicyclic amines) is 3. The van der Waals surface area contributed by atoms with E-state index in [1.165, 1.54) is 9.80 Å². The van der Waals surface area contributed by atoms with E-state index in [1.807, 2.05) is 6.08 Å². The van der Waals surface area contributed by atoms with Crippen LogP contribution in [0.4, 0.5) is 0 Å². The molecule has 0 aromatic rings. The highest BCUT2D eigenvalue weighted by Gasteiger charge is 2.71. The Bertz CT molecular complexity index is 5400. The van der Waals surface area contributed by atoms with Crippen LogP contribution in [-0.2, 0) is 76.7 Å². The molecule has 0 aromatic heterocycles. The van der Waals surface area contributed by atoms with E-state index < -0.39 is 108 Å². The van der Waals surface area contributed by atoms with Crippen molar-refractivity contribution in [1.29, 1.82) is 0 Å². The lowest BCUT2D eigenvalue weighted by Crippen LogP contribution is -2.61. The van der Waals surface area contributed by atoms with Gasteiger partial charge in [-0.05, 0) is 365 Å². The molecule has 3 saturated heterocycles. The predicted octanol–water partition coefficient (Wildman–Crippen LogP) is 7.58. The number of rotatable bonds is 19. The van der Waals surface area contributed by atoms with Gasteiger partial charge < -0.3 is 66.5 Å². The lowest BCUT2D eigenvalue weighted by molar-refractivity contribution is -0.192. The lowest BCUT2D eigenvalue weighted by atomic mass is 9.46. The summed E-state index contributed by atoms with van der Waals surface area (Å²) in [5, 5.41) is 86.1. The van der Waals surface area contributed by atoms with Crippen LogP contribution in [0.1, 0.15) is 302 Å². The van der Waals surface area contributed by atoms with Crippen molar-refractivity contribution in [2.45, 2.75) is 391 Å². The molecule has 10 N–H and O–H groups in total. The second kappa shape index (κ2) is 35.6. The number of nitrogens with zero attached hydrogens (tertiary/aromatic N) is 9. The number of Topliss-reactive ketones (excluding diaryl/α,β-unsaturated/α-hetero) is 5. The standard InChI is InChI=1S/C18H25N3O4.C18H24N2O4.C18H22N2O3.C18H25NO3.C17H22N2O4.C17H20N2O3.CO2/c22-9-19-14-3-12-2-13(12)21(14)16(23)15(20-25)17-4-10-1-11(5-17)7-18(24,6-10)8-17;21-9-19-14-3-12-2-13(12)20(14)16(23)15(22)17-4-10-1-11(5-17)7-18(24,6-10)8-17;1-19-14-4-12-3-13(12)20(14)16(22)15(21)17-5-10-2-11(6-17)8-18(23,7-10)9-17;1-2-14-4-3-5-19(14)16(21)15(20)17-7-12-6-13(8-17)10-18(22,9-12)11-17;20-10-18-13-2-1-3-19(13)15(22)14(21)16-5-11-4-12(6-16)8-17(23,7-11)9-16;1-18-13-3-2-4-19(13)15(21)14(20)16-6-11-5-12(7-16)9-17(22,8-11)10-16;2-1-3/h9-14,24-25H,1-8H2,(H,19,22);9-14,24H,1-8H2,(H,19,21);10-14,23H,2-9H2;3,5,12-14,22H,2,4,6-11H2,1H3;1,3,10-13,23H,2,4-9H2,(H,18,20);2,4,11-13,22H,3,5-10H2;/b20-15-;;;;;;. The lowest BCUT2D eigenvalue weighted by Gasteiger charge is -2.60. The number of oxime groups is 1. The Labute approximate surface area is 826 Å². The molecule has 35 nitrogen and oxygen atoms in total. The third-order valence-electron chi connectivity index (χ3n) is 40.6. The molecule has 0 spiro atoms. The SMILES string of the molecule is CCC1CC=CN1C(=O)C(=O)C12CC3CC(CC(O)(C3)C1)C2.O=C=O.O=CNC1CC2CC2N1C(=O)/C(=N/O)C12CC3CC(CC(O)(C3)C1)C2.O=CNC1CC2CC2N1C(=O)C(=O)C12CC3CC(CC(O)(C3)C1)C2.O=CNC1CC=CN1C(=O)C(=O)C12CC3CC(CC(O)(C3)C1)C2.[C-]#[N+]C1CC2CC2N1C(=O)C(=O)C12CC3CC(CC(O)(C3)C1)C2.[C-]#[N+]C1CC=CN1C(=O)C(=O)C12CC3CC(CC(O)(C3)C1)C2. The van der Waals surface area contributed by atoms with Crippen LogP contribution in [0.25, 0.3) is 9.69 Å². The summed E-state index contributed by atoms with van der Waals surface area (Å²) in [5.41, 5.74) is -7.94. The number of ketones is 5. The van der Waals surface area contributed by atoms with E-state index >= 15 is 0 Å². The van der Waals surface area contributed by atoms with Gasteiger partial charge in [0.2, 0.25) is 48.1 Å². The van der Waals surface area contributed by atoms with Gasteiger partial charge in [0.15, 0.2) is 5.71 Å². The van der Waals surface area contributed by atoms with E-state index in [0.29, 0.717) is 159 Å². The van der Waals surface area contributed by atoms with E-state index in [9.17, 15) is 103 Å². The average Bonchev–Trinajstić information content (AvgIpc) is 1.47. The normalized spacial score (nSPS) is 47.0. The third kappa shape index (κ3) is 17.3. The fraction of sp³-hybridized carbons (Fsp3) is 0.776. The van der Waals surface area contributed by atoms with E-state index in [2.05, 4.69) is 37.7 Å². The molecule has 142 heavy (non-hydrogen) atoms. The minimum absolute atomic E-state index is 0.121. The summed E-state index contributed by atoms with van der Waals surface area (Å²) in [5.74, 6) is 1.84. The van der Waals surface area contributed by atoms with Gasteiger partial charge in [0.05, 0.1) is 40.0 Å². The molecule has 27 saturated carbocycles. The summed E-state index contributed by atoms with van der Waals surface area (Å²) in [4.78, 5) is 208. The average molecular weight is 1960 g/mol. The highest BCUT2D eigenvalue weighted by molar-refractivity contribution is 6.42. The first kappa shape index (κ1) is 98.4. The van der Waals surface area contributed by atoms with Gasteiger partial charge in [-0.1, -0.05) is 30.3 Å². The number of nitrogens with one attached hydrogen (secondary N) is 3. The molecule has 0 radical (unpaired) electrons. The molecule has 764 valence electrons. The molecule has 33 rings (SSSR count). The summed E-state index contributed by atoms with van der Waals surface area (Å²) in [7, 11) is 0. The summed E-state index contributed by atoms with van der Waals surface area (Å²) in [6.07, 6.45) is 46.4. The molecule has 6 aliphatic heterocycles. The van der Waals surface area contributed by atoms with Crippen LogP contribution < -0.4 is 16.0 Å². The second-order valence-electron chi connectivity index (χ2n) is 51.2. The fourth-order valence-electron chi connectivity index (χ4n) is 37.8. The molecule has 9 amide bonds. The zero-order valence-corrected chi connectivity index (χ0v) is 81.3. The Hall–Kier alpha value is -9.61. The fourth-order valence-corrected chi connectivity index (χ4v) is 37.8. The first-order valence-corrected chi connectivity index (χ1v) is 53.2. The van der Waals surface area contributed by atoms with Crippen molar-refractivity contribution >= 4 is 95.5 Å². The van der Waals surface area contributed by atoms with Crippen molar-refractivity contribution in [2.24, 2.45) is 126 Å². The molecule has 30 fully saturated rings. The summed E-state index contributed by atoms with van der Waals surface area (Å²) in [6.45, 7) is 16.5. The maximum absolute atomic E-state index is 13.3. The molecular formula is C107H138N12O23. The summed E-state index contributed by atoms with van der Waals surface area (Å²) in [6, 6.07) is 0.533. The zero-order valence-electron chi connectivity index (χ0n) is 81.3. The number of aliphatic hydroxyl groups is 6. The van der Waals surface area contributed by atoms with E-state index in [0.717, 1.165) is 244 Å². The Morgan fingerprint density at radius 2 is 0.606 bits per heavy atom. The third-order valence-corrected chi connectivity index (χ3v) is 40.6. The highest BCUT2D eigenvalue weighted by atomic mass is 16.4. The van der Waals surface area contributed by atoms with E-state index in [-0.39, 0.29) is 89.1 Å². The maximum Gasteiger partial charge on any atom is 0.373 e.